The van der Waals surface area contributed by atoms with Crippen LogP contribution in [0, 0.1) is 19.3 Å². The van der Waals surface area contributed by atoms with Crippen LogP contribution in [0.5, 0.6) is 0 Å². The molecule has 1 aliphatic carbocycles. The number of hydrogen-bond acceptors (Lipinski definition) is 3. The number of carboxylic acid groups (broad SMARTS) is 1. The molecule has 1 fully saturated rings. The molecule has 1 aromatic heterocycles. The molecule has 1 aliphatic rings. The number of pyridine rings is 1. The highest BCUT2D eigenvalue weighted by molar-refractivity contribution is 5.90. The highest BCUT2D eigenvalue weighted by Crippen LogP contribution is 2.44. The molecule has 1 amide bonds. The number of hydrogen-bond donors (Lipinski definition) is 2. The van der Waals surface area contributed by atoms with Crippen molar-refractivity contribution < 1.29 is 14.7 Å². The molecule has 1 saturated carbocycles. The van der Waals surface area contributed by atoms with E-state index < -0.39 is 5.97 Å². The molecular weight excluding hydrogens is 268 g/mol. The highest BCUT2D eigenvalue weighted by Gasteiger charge is 2.38. The average molecular weight is 290 g/mol. The number of aromatic nitrogens is 1. The second-order valence-corrected chi connectivity index (χ2v) is 6.17. The van der Waals surface area contributed by atoms with Crippen molar-refractivity contribution in [3.05, 3.63) is 23.4 Å². The molecule has 1 heterocycles. The number of nitrogens with zero attached hydrogens (tertiary/aromatic N) is 1. The summed E-state index contributed by atoms with van der Waals surface area (Å²) in [6.45, 7) is 3.83. The molecule has 0 bridgehead atoms. The van der Waals surface area contributed by atoms with Crippen LogP contribution in [0.15, 0.2) is 12.1 Å². The molecule has 0 aliphatic heterocycles. The molecule has 0 radical (unpaired) electrons. The Labute approximate surface area is 124 Å². The van der Waals surface area contributed by atoms with Crippen molar-refractivity contribution in [3.8, 4) is 0 Å². The van der Waals surface area contributed by atoms with Gasteiger partial charge in [-0.15, -0.1) is 0 Å². The van der Waals surface area contributed by atoms with Crippen molar-refractivity contribution >= 4 is 17.7 Å². The van der Waals surface area contributed by atoms with Crippen LogP contribution < -0.4 is 5.32 Å². The summed E-state index contributed by atoms with van der Waals surface area (Å²) in [7, 11) is 0. The molecule has 0 unspecified atom stereocenters. The van der Waals surface area contributed by atoms with E-state index in [-0.39, 0.29) is 24.2 Å². The monoisotopic (exact) mass is 290 g/mol. The van der Waals surface area contributed by atoms with Crippen LogP contribution >= 0.6 is 0 Å². The number of aryl methyl sites for hydroxylation is 2. The summed E-state index contributed by atoms with van der Waals surface area (Å²) < 4.78 is 0. The van der Waals surface area contributed by atoms with Gasteiger partial charge in [0.25, 0.3) is 0 Å². The van der Waals surface area contributed by atoms with Crippen LogP contribution in [0.25, 0.3) is 0 Å². The summed E-state index contributed by atoms with van der Waals surface area (Å²) in [5, 5.41) is 11.9. The van der Waals surface area contributed by atoms with E-state index in [0.29, 0.717) is 5.82 Å². The van der Waals surface area contributed by atoms with Crippen LogP contribution in [0.2, 0.25) is 0 Å². The van der Waals surface area contributed by atoms with Crippen LogP contribution in [0.3, 0.4) is 0 Å². The third kappa shape index (κ3) is 4.28. The van der Waals surface area contributed by atoms with Crippen molar-refractivity contribution in [2.24, 2.45) is 5.41 Å². The molecule has 5 heteroatoms. The Balaban J connectivity index is 2.04. The number of amides is 1. The lowest BCUT2D eigenvalue weighted by atomic mass is 9.79. The van der Waals surface area contributed by atoms with Crippen LogP contribution in [0.4, 0.5) is 5.82 Å². The zero-order valence-corrected chi connectivity index (χ0v) is 12.6. The summed E-state index contributed by atoms with van der Waals surface area (Å²) >= 11 is 0. The summed E-state index contributed by atoms with van der Waals surface area (Å²) in [5.74, 6) is -0.425. The van der Waals surface area contributed by atoms with Crippen LogP contribution in [-0.2, 0) is 9.59 Å². The topological polar surface area (TPSA) is 79.3 Å². The first-order chi connectivity index (χ1) is 9.88. The fraction of sp³-hybridized carbons (Fsp3) is 0.562. The van der Waals surface area contributed by atoms with Gasteiger partial charge in [-0.05, 0) is 49.8 Å². The van der Waals surface area contributed by atoms with Gasteiger partial charge in [-0.1, -0.05) is 12.8 Å². The van der Waals surface area contributed by atoms with E-state index in [2.05, 4.69) is 10.3 Å². The second kappa shape index (κ2) is 6.24. The number of carbonyl (C=O) groups is 2. The van der Waals surface area contributed by atoms with E-state index in [1.54, 1.807) is 0 Å². The highest BCUT2D eigenvalue weighted by atomic mass is 16.4. The Morgan fingerprint density at radius 1 is 1.24 bits per heavy atom. The van der Waals surface area contributed by atoms with Crippen molar-refractivity contribution in [2.45, 2.75) is 52.4 Å². The van der Waals surface area contributed by atoms with E-state index in [1.165, 1.54) is 0 Å². The minimum atomic E-state index is -0.825. The summed E-state index contributed by atoms with van der Waals surface area (Å²) in [5.41, 5.74) is 1.51. The minimum Gasteiger partial charge on any atom is -0.481 e. The SMILES string of the molecule is Cc1cc(C)nc(NC(=O)CC2(CC(=O)O)CCCC2)c1. The lowest BCUT2D eigenvalue weighted by Crippen LogP contribution is -2.28. The first kappa shape index (κ1) is 15.5. The number of aliphatic carboxylic acids is 1. The van der Waals surface area contributed by atoms with E-state index >= 15 is 0 Å². The maximum absolute atomic E-state index is 12.2. The van der Waals surface area contributed by atoms with Gasteiger partial charge in [-0.2, -0.15) is 0 Å². The van der Waals surface area contributed by atoms with Crippen molar-refractivity contribution in [1.82, 2.24) is 4.98 Å². The standard InChI is InChI=1S/C16H22N2O3/c1-11-7-12(2)17-13(8-11)18-14(19)9-16(10-15(20)21)5-3-4-6-16/h7-8H,3-6,9-10H2,1-2H3,(H,20,21)(H,17,18,19). The second-order valence-electron chi connectivity index (χ2n) is 6.17. The quantitative estimate of drug-likeness (QED) is 0.873. The number of carboxylic acids is 1. The lowest BCUT2D eigenvalue weighted by molar-refractivity contribution is -0.140. The summed E-state index contributed by atoms with van der Waals surface area (Å²) in [6, 6.07) is 3.77. The molecule has 0 saturated heterocycles. The smallest absolute Gasteiger partial charge is 0.303 e. The number of nitrogens with one attached hydrogen (secondary N) is 1. The van der Waals surface area contributed by atoms with E-state index in [0.717, 1.165) is 36.9 Å². The van der Waals surface area contributed by atoms with Gasteiger partial charge in [0.15, 0.2) is 0 Å². The number of rotatable bonds is 5. The van der Waals surface area contributed by atoms with E-state index in [1.807, 2.05) is 26.0 Å². The maximum Gasteiger partial charge on any atom is 0.303 e. The predicted molar refractivity (Wildman–Crippen MR) is 80.1 cm³/mol. The van der Waals surface area contributed by atoms with Gasteiger partial charge in [-0.25, -0.2) is 4.98 Å². The first-order valence-electron chi connectivity index (χ1n) is 7.36. The molecule has 0 spiro atoms. The molecular formula is C16H22N2O3. The van der Waals surface area contributed by atoms with Crippen molar-refractivity contribution in [1.29, 1.82) is 0 Å². The largest absolute Gasteiger partial charge is 0.481 e. The first-order valence-corrected chi connectivity index (χ1v) is 7.36. The average Bonchev–Trinajstić information content (AvgIpc) is 2.74. The Morgan fingerprint density at radius 3 is 2.48 bits per heavy atom. The van der Waals surface area contributed by atoms with Gasteiger partial charge in [0.2, 0.25) is 5.91 Å². The third-order valence-electron chi connectivity index (χ3n) is 4.09. The Kier molecular flexibility index (Phi) is 4.60. The number of carbonyl (C=O) groups excluding carboxylic acids is 1. The zero-order valence-electron chi connectivity index (χ0n) is 12.6. The molecule has 21 heavy (non-hydrogen) atoms. The molecule has 2 rings (SSSR count). The van der Waals surface area contributed by atoms with Crippen molar-refractivity contribution in [2.75, 3.05) is 5.32 Å². The summed E-state index contributed by atoms with van der Waals surface area (Å²) in [6.07, 6.45) is 3.96. The molecule has 114 valence electrons. The lowest BCUT2D eigenvalue weighted by Gasteiger charge is -2.26. The Morgan fingerprint density at radius 2 is 1.90 bits per heavy atom. The Hall–Kier alpha value is -1.91. The van der Waals surface area contributed by atoms with Gasteiger partial charge >= 0.3 is 5.97 Å². The summed E-state index contributed by atoms with van der Waals surface area (Å²) in [4.78, 5) is 27.6. The minimum absolute atomic E-state index is 0.0701. The van der Waals surface area contributed by atoms with Gasteiger partial charge in [0, 0.05) is 12.1 Å². The normalized spacial score (nSPS) is 16.7. The fourth-order valence-electron chi connectivity index (χ4n) is 3.29. The van der Waals surface area contributed by atoms with Crippen LogP contribution in [-0.4, -0.2) is 22.0 Å². The maximum atomic E-state index is 12.2. The van der Waals surface area contributed by atoms with Crippen molar-refractivity contribution in [3.63, 3.8) is 0 Å². The van der Waals surface area contributed by atoms with E-state index in [4.69, 9.17) is 5.11 Å². The van der Waals surface area contributed by atoms with Crippen LogP contribution in [0.1, 0.15) is 49.8 Å². The van der Waals surface area contributed by atoms with Gasteiger partial charge in [0.05, 0.1) is 6.42 Å². The molecule has 2 N–H and O–H groups in total. The molecule has 1 aromatic rings. The zero-order chi connectivity index (χ0) is 15.5. The fourth-order valence-corrected chi connectivity index (χ4v) is 3.29. The predicted octanol–water partition coefficient (Wildman–Crippen LogP) is 3.06. The molecule has 0 aromatic carbocycles. The van der Waals surface area contributed by atoms with E-state index in [9.17, 15) is 9.59 Å². The van der Waals surface area contributed by atoms with Gasteiger partial charge < -0.3 is 10.4 Å². The molecule has 0 atom stereocenters. The molecule has 5 nitrogen and oxygen atoms in total. The van der Waals surface area contributed by atoms with Gasteiger partial charge in [0.1, 0.15) is 5.82 Å². The Bertz CT molecular complexity index is 528. The third-order valence-corrected chi connectivity index (χ3v) is 4.09. The number of anilines is 1. The van der Waals surface area contributed by atoms with Gasteiger partial charge in [-0.3, -0.25) is 9.59 Å².